The molecule has 1 aromatic carbocycles. The van der Waals surface area contributed by atoms with Gasteiger partial charge >= 0.3 is 0 Å². The number of nitrogen functional groups attached to an aromatic ring is 1. The van der Waals surface area contributed by atoms with Gasteiger partial charge in [-0.3, -0.25) is 4.68 Å². The summed E-state index contributed by atoms with van der Waals surface area (Å²) in [6.45, 7) is 7.01. The molecule has 0 spiro atoms. The molecule has 4 nitrogen and oxygen atoms in total. The molecule has 4 heteroatoms. The Morgan fingerprint density at radius 2 is 1.84 bits per heavy atom. The van der Waals surface area contributed by atoms with E-state index in [2.05, 4.69) is 38.0 Å². The van der Waals surface area contributed by atoms with Crippen LogP contribution in [0.15, 0.2) is 30.3 Å². The van der Waals surface area contributed by atoms with Crippen molar-refractivity contribution >= 4 is 5.82 Å². The standard InChI is InChI=1S/C15H21N3O/c1-15(2,3)11-5-7-13(8-6-11)19-10-12-9-14(16)18(4)17-12/h5-9H,10,16H2,1-4H3. The van der Waals surface area contributed by atoms with Crippen molar-refractivity contribution in [2.75, 3.05) is 5.73 Å². The first-order valence-corrected chi connectivity index (χ1v) is 6.38. The van der Waals surface area contributed by atoms with Gasteiger partial charge in [0, 0.05) is 13.1 Å². The molecule has 102 valence electrons. The molecule has 1 heterocycles. The number of rotatable bonds is 3. The summed E-state index contributed by atoms with van der Waals surface area (Å²) in [5, 5.41) is 4.25. The Morgan fingerprint density at radius 1 is 1.21 bits per heavy atom. The van der Waals surface area contributed by atoms with Crippen LogP contribution in [0.1, 0.15) is 32.0 Å². The minimum atomic E-state index is 0.161. The molecule has 0 unspecified atom stereocenters. The largest absolute Gasteiger partial charge is 0.487 e. The topological polar surface area (TPSA) is 53.1 Å². The number of aryl methyl sites for hydroxylation is 1. The molecular weight excluding hydrogens is 238 g/mol. The van der Waals surface area contributed by atoms with Gasteiger partial charge in [-0.05, 0) is 23.1 Å². The lowest BCUT2D eigenvalue weighted by Gasteiger charge is -2.19. The van der Waals surface area contributed by atoms with Crippen molar-refractivity contribution in [2.24, 2.45) is 7.05 Å². The summed E-state index contributed by atoms with van der Waals surface area (Å²) in [4.78, 5) is 0. The van der Waals surface area contributed by atoms with Crippen molar-refractivity contribution in [1.29, 1.82) is 0 Å². The Hall–Kier alpha value is -1.97. The van der Waals surface area contributed by atoms with E-state index in [1.165, 1.54) is 5.56 Å². The van der Waals surface area contributed by atoms with E-state index < -0.39 is 0 Å². The molecule has 0 aliphatic heterocycles. The number of ether oxygens (including phenoxy) is 1. The molecule has 2 rings (SSSR count). The Balaban J connectivity index is 2.00. The number of nitrogens with two attached hydrogens (primary N) is 1. The summed E-state index contributed by atoms with van der Waals surface area (Å²) in [5.74, 6) is 1.49. The third kappa shape index (κ3) is 3.28. The summed E-state index contributed by atoms with van der Waals surface area (Å²) >= 11 is 0. The first-order valence-electron chi connectivity index (χ1n) is 6.38. The Morgan fingerprint density at radius 3 is 2.32 bits per heavy atom. The van der Waals surface area contributed by atoms with Gasteiger partial charge in [0.15, 0.2) is 0 Å². The normalized spacial score (nSPS) is 11.6. The number of hydrogen-bond acceptors (Lipinski definition) is 3. The zero-order valence-electron chi connectivity index (χ0n) is 12.0. The predicted octanol–water partition coefficient (Wildman–Crippen LogP) is 2.88. The van der Waals surface area contributed by atoms with Gasteiger partial charge in [0.25, 0.3) is 0 Å². The molecule has 0 atom stereocenters. The van der Waals surface area contributed by atoms with E-state index in [1.807, 2.05) is 25.2 Å². The summed E-state index contributed by atoms with van der Waals surface area (Å²) in [5.41, 5.74) is 8.01. The molecule has 2 N–H and O–H groups in total. The Kier molecular flexibility index (Phi) is 3.51. The van der Waals surface area contributed by atoms with E-state index in [-0.39, 0.29) is 5.41 Å². The molecule has 0 fully saturated rings. The maximum absolute atomic E-state index is 5.72. The number of anilines is 1. The lowest BCUT2D eigenvalue weighted by atomic mass is 9.87. The van der Waals surface area contributed by atoms with Crippen LogP contribution in [0, 0.1) is 0 Å². The van der Waals surface area contributed by atoms with Crippen LogP contribution in [-0.2, 0) is 19.1 Å². The second kappa shape index (κ2) is 4.96. The molecule has 0 amide bonds. The lowest BCUT2D eigenvalue weighted by Crippen LogP contribution is -2.10. The number of aromatic nitrogens is 2. The van der Waals surface area contributed by atoms with Crippen LogP contribution in [0.2, 0.25) is 0 Å². The highest BCUT2D eigenvalue weighted by molar-refractivity contribution is 5.32. The zero-order valence-corrected chi connectivity index (χ0v) is 12.0. The highest BCUT2D eigenvalue weighted by Gasteiger charge is 2.13. The quantitative estimate of drug-likeness (QED) is 0.922. The second-order valence-corrected chi connectivity index (χ2v) is 5.75. The monoisotopic (exact) mass is 259 g/mol. The third-order valence-electron chi connectivity index (χ3n) is 3.07. The van der Waals surface area contributed by atoms with Crippen LogP contribution in [0.5, 0.6) is 5.75 Å². The van der Waals surface area contributed by atoms with Crippen molar-refractivity contribution in [2.45, 2.75) is 32.8 Å². The highest BCUT2D eigenvalue weighted by Crippen LogP contribution is 2.24. The van der Waals surface area contributed by atoms with Crippen molar-refractivity contribution < 1.29 is 4.74 Å². The van der Waals surface area contributed by atoms with Gasteiger partial charge in [0.2, 0.25) is 0 Å². The van der Waals surface area contributed by atoms with Crippen LogP contribution in [0.4, 0.5) is 5.82 Å². The summed E-state index contributed by atoms with van der Waals surface area (Å²) < 4.78 is 7.34. The Labute approximate surface area is 114 Å². The first-order chi connectivity index (χ1) is 8.86. The van der Waals surface area contributed by atoms with E-state index in [9.17, 15) is 0 Å². The maximum Gasteiger partial charge on any atom is 0.132 e. The van der Waals surface area contributed by atoms with Gasteiger partial charge in [0.05, 0.1) is 0 Å². The van der Waals surface area contributed by atoms with Gasteiger partial charge in [0.1, 0.15) is 23.9 Å². The smallest absolute Gasteiger partial charge is 0.132 e. The van der Waals surface area contributed by atoms with Gasteiger partial charge < -0.3 is 10.5 Å². The fraction of sp³-hybridized carbons (Fsp3) is 0.400. The third-order valence-corrected chi connectivity index (χ3v) is 3.07. The van der Waals surface area contributed by atoms with E-state index in [0.29, 0.717) is 12.4 Å². The first kappa shape index (κ1) is 13.5. The van der Waals surface area contributed by atoms with E-state index in [1.54, 1.807) is 4.68 Å². The fourth-order valence-electron chi connectivity index (χ4n) is 1.82. The molecule has 0 saturated carbocycles. The maximum atomic E-state index is 5.72. The van der Waals surface area contributed by atoms with Crippen LogP contribution in [-0.4, -0.2) is 9.78 Å². The summed E-state index contributed by atoms with van der Waals surface area (Å²) in [6.07, 6.45) is 0. The van der Waals surface area contributed by atoms with Crippen molar-refractivity contribution in [3.8, 4) is 5.75 Å². The minimum Gasteiger partial charge on any atom is -0.487 e. The van der Waals surface area contributed by atoms with Crippen molar-refractivity contribution in [1.82, 2.24) is 9.78 Å². The van der Waals surface area contributed by atoms with E-state index in [4.69, 9.17) is 10.5 Å². The molecule has 19 heavy (non-hydrogen) atoms. The highest BCUT2D eigenvalue weighted by atomic mass is 16.5. The molecule has 0 aliphatic rings. The fourth-order valence-corrected chi connectivity index (χ4v) is 1.82. The van der Waals surface area contributed by atoms with Gasteiger partial charge in [-0.2, -0.15) is 5.10 Å². The van der Waals surface area contributed by atoms with Gasteiger partial charge in [-0.15, -0.1) is 0 Å². The van der Waals surface area contributed by atoms with E-state index >= 15 is 0 Å². The number of hydrogen-bond donors (Lipinski definition) is 1. The van der Waals surface area contributed by atoms with Gasteiger partial charge in [-0.1, -0.05) is 32.9 Å². The predicted molar refractivity (Wildman–Crippen MR) is 77.1 cm³/mol. The molecular formula is C15H21N3O. The molecule has 0 aliphatic carbocycles. The average Bonchev–Trinajstić information content (AvgIpc) is 2.66. The molecule has 0 radical (unpaired) electrons. The lowest BCUT2D eigenvalue weighted by molar-refractivity contribution is 0.300. The SMILES string of the molecule is Cn1nc(COc2ccc(C(C)(C)C)cc2)cc1N. The summed E-state index contributed by atoms with van der Waals surface area (Å²) in [6, 6.07) is 10.0. The van der Waals surface area contributed by atoms with E-state index in [0.717, 1.165) is 11.4 Å². The molecule has 0 bridgehead atoms. The second-order valence-electron chi connectivity index (χ2n) is 5.75. The molecule has 1 aromatic heterocycles. The van der Waals surface area contributed by atoms with Crippen LogP contribution in [0.25, 0.3) is 0 Å². The summed E-state index contributed by atoms with van der Waals surface area (Å²) in [7, 11) is 1.82. The van der Waals surface area contributed by atoms with Crippen LogP contribution >= 0.6 is 0 Å². The zero-order chi connectivity index (χ0) is 14.0. The molecule has 2 aromatic rings. The van der Waals surface area contributed by atoms with Crippen LogP contribution in [0.3, 0.4) is 0 Å². The number of benzene rings is 1. The van der Waals surface area contributed by atoms with Crippen LogP contribution < -0.4 is 10.5 Å². The van der Waals surface area contributed by atoms with Gasteiger partial charge in [-0.25, -0.2) is 0 Å². The Bertz CT molecular complexity index is 530. The minimum absolute atomic E-state index is 0.161. The number of nitrogens with zero attached hydrogens (tertiary/aromatic N) is 2. The van der Waals surface area contributed by atoms with Crippen molar-refractivity contribution in [3.63, 3.8) is 0 Å². The van der Waals surface area contributed by atoms with Crippen molar-refractivity contribution in [3.05, 3.63) is 41.6 Å². The molecule has 0 saturated heterocycles. The average molecular weight is 259 g/mol.